The summed E-state index contributed by atoms with van der Waals surface area (Å²) in [5, 5.41) is 7.97. The topological polar surface area (TPSA) is 98.0 Å². The molecule has 0 amide bonds. The van der Waals surface area contributed by atoms with Crippen molar-refractivity contribution < 1.29 is 90.2 Å². The molecule has 0 aliphatic rings. The van der Waals surface area contributed by atoms with Crippen molar-refractivity contribution in [1.82, 2.24) is 0 Å². The van der Waals surface area contributed by atoms with Crippen LogP contribution in [-0.2, 0) is 4.57 Å². The molecule has 0 atom stereocenters. The van der Waals surface area contributed by atoms with Crippen molar-refractivity contribution >= 4 is 7.82 Å². The molecule has 0 fully saturated rings. The standard InChI is InChI=1S/C9H5F15O.H3O4P/c10-3(11,1-2-25)4(12,13)5(14,15)6(16,17)7(18,19)8(20,21)9(22,23)24;1-5(2,3)4/h25H,1-2H2;(H3,1,2,3,4). The van der Waals surface area contributed by atoms with Gasteiger partial charge in [-0.2, -0.15) is 65.9 Å². The molecule has 0 aromatic carbocycles. The minimum atomic E-state index is -8.28. The second-order valence-electron chi connectivity index (χ2n) is 5.06. The molecular formula is C9H8F15O5P. The normalized spacial score (nSPS) is 15.6. The number of aliphatic hydroxyl groups excluding tert-OH is 1. The van der Waals surface area contributed by atoms with Gasteiger partial charge in [0, 0.05) is 13.0 Å². The van der Waals surface area contributed by atoms with E-state index in [4.69, 9.17) is 24.4 Å². The van der Waals surface area contributed by atoms with Crippen LogP contribution >= 0.6 is 7.82 Å². The third-order valence-corrected chi connectivity index (χ3v) is 2.82. The number of phosphoric acid groups is 1. The van der Waals surface area contributed by atoms with Gasteiger partial charge in [0.2, 0.25) is 0 Å². The summed E-state index contributed by atoms with van der Waals surface area (Å²) in [4.78, 5) is 21.6. The molecular weight excluding hydrogens is 504 g/mol. The summed E-state index contributed by atoms with van der Waals surface area (Å²) >= 11 is 0. The molecule has 5 nitrogen and oxygen atoms in total. The highest BCUT2D eigenvalue weighted by molar-refractivity contribution is 7.45. The predicted octanol–water partition coefficient (Wildman–Crippen LogP) is 3.81. The number of hydrogen-bond acceptors (Lipinski definition) is 2. The van der Waals surface area contributed by atoms with Crippen molar-refractivity contribution in [2.45, 2.75) is 48.1 Å². The molecule has 4 N–H and O–H groups in total. The lowest BCUT2D eigenvalue weighted by Gasteiger charge is -2.41. The Kier molecular flexibility index (Phi) is 8.86. The molecule has 0 heterocycles. The second-order valence-corrected chi connectivity index (χ2v) is 6.09. The fraction of sp³-hybridized carbons (Fsp3) is 1.00. The molecule has 0 aromatic heterocycles. The zero-order valence-corrected chi connectivity index (χ0v) is 14.1. The molecule has 0 rings (SSSR count). The van der Waals surface area contributed by atoms with E-state index in [2.05, 4.69) is 0 Å². The van der Waals surface area contributed by atoms with Crippen molar-refractivity contribution in [2.75, 3.05) is 6.61 Å². The van der Waals surface area contributed by atoms with E-state index in [1.807, 2.05) is 0 Å². The van der Waals surface area contributed by atoms with Gasteiger partial charge in [0.25, 0.3) is 0 Å². The summed E-state index contributed by atoms with van der Waals surface area (Å²) in [6.07, 6.45) is -10.3. The van der Waals surface area contributed by atoms with Gasteiger partial charge >= 0.3 is 49.5 Å². The van der Waals surface area contributed by atoms with Gasteiger partial charge in [0.15, 0.2) is 0 Å². The summed E-state index contributed by atoms with van der Waals surface area (Å²) in [5.41, 5.74) is 0. The fourth-order valence-corrected chi connectivity index (χ4v) is 1.30. The zero-order valence-electron chi connectivity index (χ0n) is 13.2. The van der Waals surface area contributed by atoms with Crippen molar-refractivity contribution in [3.05, 3.63) is 0 Å². The Morgan fingerprint density at radius 3 is 1.00 bits per heavy atom. The first-order chi connectivity index (χ1) is 12.6. The minimum absolute atomic E-state index is 2.07. The Bertz CT molecular complexity index is 616. The average molecular weight is 512 g/mol. The van der Waals surface area contributed by atoms with Crippen LogP contribution in [0.5, 0.6) is 0 Å². The van der Waals surface area contributed by atoms with Crippen LogP contribution in [0, 0.1) is 0 Å². The first-order valence-electron chi connectivity index (χ1n) is 6.29. The lowest BCUT2D eigenvalue weighted by Crippen LogP contribution is -2.72. The molecule has 0 saturated heterocycles. The lowest BCUT2D eigenvalue weighted by atomic mass is 9.90. The second kappa shape index (κ2) is 8.51. The van der Waals surface area contributed by atoms with E-state index in [1.165, 1.54) is 0 Å². The van der Waals surface area contributed by atoms with E-state index in [1.54, 1.807) is 0 Å². The summed E-state index contributed by atoms with van der Waals surface area (Å²) in [5.74, 6) is -46.5. The van der Waals surface area contributed by atoms with Gasteiger partial charge in [0.05, 0.1) is 0 Å². The van der Waals surface area contributed by atoms with Gasteiger partial charge < -0.3 is 19.8 Å². The van der Waals surface area contributed by atoms with Gasteiger partial charge in [0.1, 0.15) is 0 Å². The number of rotatable bonds is 7. The third-order valence-electron chi connectivity index (χ3n) is 2.82. The Hall–Kier alpha value is -0.980. The van der Waals surface area contributed by atoms with Crippen LogP contribution in [0.25, 0.3) is 0 Å². The van der Waals surface area contributed by atoms with Crippen LogP contribution in [0.1, 0.15) is 6.42 Å². The number of alkyl halides is 15. The largest absolute Gasteiger partial charge is 0.466 e. The first kappa shape index (κ1) is 31.2. The highest BCUT2D eigenvalue weighted by Crippen LogP contribution is 2.62. The Morgan fingerprint density at radius 1 is 0.533 bits per heavy atom. The summed E-state index contributed by atoms with van der Waals surface area (Å²) in [6, 6.07) is 0. The van der Waals surface area contributed by atoms with Crippen LogP contribution in [0.2, 0.25) is 0 Å². The molecule has 0 bridgehead atoms. The molecule has 30 heavy (non-hydrogen) atoms. The van der Waals surface area contributed by atoms with E-state index < -0.39 is 62.6 Å². The Balaban J connectivity index is 0. The summed E-state index contributed by atoms with van der Waals surface area (Å²) in [7, 11) is -4.64. The number of aliphatic hydroxyl groups is 1. The SMILES string of the molecule is O=P(O)(O)O.OCCC(F)(F)C(F)(F)C(F)(F)C(F)(F)C(F)(F)C(F)(F)C(F)(F)F. The van der Waals surface area contributed by atoms with E-state index >= 15 is 0 Å². The van der Waals surface area contributed by atoms with E-state index in [9.17, 15) is 65.9 Å². The molecule has 0 spiro atoms. The monoisotopic (exact) mass is 512 g/mol. The molecule has 0 aliphatic heterocycles. The molecule has 0 radical (unpaired) electrons. The number of hydrogen-bond donors (Lipinski definition) is 4. The average Bonchev–Trinajstić information content (AvgIpc) is 2.43. The van der Waals surface area contributed by atoms with Crippen LogP contribution in [0.3, 0.4) is 0 Å². The Labute approximate surface area is 154 Å². The molecule has 184 valence electrons. The molecule has 0 aromatic rings. The highest BCUT2D eigenvalue weighted by atomic mass is 31.2. The molecule has 21 heteroatoms. The Morgan fingerprint density at radius 2 is 0.767 bits per heavy atom. The van der Waals surface area contributed by atoms with Crippen LogP contribution in [0.4, 0.5) is 65.9 Å². The zero-order chi connectivity index (χ0) is 25.4. The molecule has 0 saturated carbocycles. The smallest absolute Gasteiger partial charge is 0.396 e. The van der Waals surface area contributed by atoms with Crippen LogP contribution < -0.4 is 0 Å². The van der Waals surface area contributed by atoms with E-state index in [-0.39, 0.29) is 0 Å². The van der Waals surface area contributed by atoms with Crippen molar-refractivity contribution in [1.29, 1.82) is 0 Å². The minimum Gasteiger partial charge on any atom is -0.396 e. The highest BCUT2D eigenvalue weighted by Gasteiger charge is 2.93. The van der Waals surface area contributed by atoms with Gasteiger partial charge in [-0.3, -0.25) is 0 Å². The maximum Gasteiger partial charge on any atom is 0.466 e. The maximum absolute atomic E-state index is 13.0. The van der Waals surface area contributed by atoms with Crippen LogP contribution in [0.15, 0.2) is 0 Å². The van der Waals surface area contributed by atoms with E-state index in [0.29, 0.717) is 0 Å². The molecule has 0 aliphatic carbocycles. The molecule has 0 unspecified atom stereocenters. The fourth-order valence-electron chi connectivity index (χ4n) is 1.30. The van der Waals surface area contributed by atoms with Crippen molar-refractivity contribution in [3.63, 3.8) is 0 Å². The van der Waals surface area contributed by atoms with Gasteiger partial charge in [-0.25, -0.2) is 4.57 Å². The first-order valence-corrected chi connectivity index (χ1v) is 7.85. The van der Waals surface area contributed by atoms with Gasteiger partial charge in [-0.1, -0.05) is 0 Å². The number of halogens is 15. The van der Waals surface area contributed by atoms with Crippen molar-refractivity contribution in [3.8, 4) is 0 Å². The predicted molar refractivity (Wildman–Crippen MR) is 61.7 cm³/mol. The van der Waals surface area contributed by atoms with Gasteiger partial charge in [-0.05, 0) is 0 Å². The summed E-state index contributed by atoms with van der Waals surface area (Å²) < 4.78 is 198. The quantitative estimate of drug-likeness (QED) is 0.308. The summed E-state index contributed by atoms with van der Waals surface area (Å²) in [6.45, 7) is -2.07. The maximum atomic E-state index is 13.0. The lowest BCUT2D eigenvalue weighted by molar-refractivity contribution is -0.452. The van der Waals surface area contributed by atoms with Crippen LogP contribution in [-0.4, -0.2) is 68.1 Å². The van der Waals surface area contributed by atoms with Gasteiger partial charge in [-0.15, -0.1) is 0 Å². The third kappa shape index (κ3) is 5.63. The van der Waals surface area contributed by atoms with Crippen molar-refractivity contribution in [2.24, 2.45) is 0 Å². The van der Waals surface area contributed by atoms with E-state index in [0.717, 1.165) is 0 Å².